The number of carbonyl (C=O) groups excluding carboxylic acids is 3. The zero-order valence-electron chi connectivity index (χ0n) is 14.0. The Labute approximate surface area is 145 Å². The number of halogens is 1. The number of amides is 4. The van der Waals surface area contributed by atoms with Crippen LogP contribution in [0.3, 0.4) is 0 Å². The average Bonchev–Trinajstić information content (AvgIpc) is 3.04. The van der Waals surface area contributed by atoms with Gasteiger partial charge in [0.05, 0.1) is 0 Å². The van der Waals surface area contributed by atoms with Gasteiger partial charge in [0.15, 0.2) is 6.17 Å². The number of hydrogen-bond donors (Lipinski definition) is 3. The lowest BCUT2D eigenvalue weighted by Crippen LogP contribution is -2.56. The van der Waals surface area contributed by atoms with Gasteiger partial charge in [-0.3, -0.25) is 14.5 Å². The van der Waals surface area contributed by atoms with Crippen molar-refractivity contribution in [3.8, 4) is 0 Å². The number of nitrogens with one attached hydrogen (secondary N) is 2. The Bertz CT molecular complexity index is 654. The van der Waals surface area contributed by atoms with Crippen LogP contribution in [0.5, 0.6) is 0 Å². The fourth-order valence-corrected chi connectivity index (χ4v) is 2.66. The van der Waals surface area contributed by atoms with Crippen molar-refractivity contribution >= 4 is 17.8 Å². The predicted octanol–water partition coefficient (Wildman–Crippen LogP) is -0.286. The molecule has 4 amide bonds. The fourth-order valence-electron chi connectivity index (χ4n) is 2.66. The molecule has 0 saturated carbocycles. The third-order valence-corrected chi connectivity index (χ3v) is 3.77. The molecular formula is C16H22FN5O3. The van der Waals surface area contributed by atoms with Gasteiger partial charge in [0.2, 0.25) is 0 Å². The van der Waals surface area contributed by atoms with E-state index in [9.17, 15) is 18.8 Å². The predicted molar refractivity (Wildman–Crippen MR) is 89.1 cm³/mol. The highest BCUT2D eigenvalue weighted by atomic mass is 19.1. The third-order valence-electron chi connectivity index (χ3n) is 3.77. The molecule has 0 spiro atoms. The topological polar surface area (TPSA) is 108 Å². The SMILES string of the molecule is CCNC(=O)N1CCN(C(=O)c2cccc(F)c2)C1C(=O)NCCN. The first-order chi connectivity index (χ1) is 12.0. The number of urea groups is 1. The number of hydrogen-bond acceptors (Lipinski definition) is 4. The molecule has 1 aliphatic heterocycles. The van der Waals surface area contributed by atoms with E-state index in [1.165, 1.54) is 28.0 Å². The molecule has 1 fully saturated rings. The zero-order valence-corrected chi connectivity index (χ0v) is 14.0. The van der Waals surface area contributed by atoms with Crippen molar-refractivity contribution in [1.82, 2.24) is 20.4 Å². The monoisotopic (exact) mass is 351 g/mol. The van der Waals surface area contributed by atoms with Crippen molar-refractivity contribution in [3.05, 3.63) is 35.6 Å². The molecule has 8 nitrogen and oxygen atoms in total. The van der Waals surface area contributed by atoms with E-state index in [0.717, 1.165) is 6.07 Å². The Morgan fingerprint density at radius 2 is 1.96 bits per heavy atom. The molecule has 2 rings (SSSR count). The van der Waals surface area contributed by atoms with Crippen LogP contribution in [-0.2, 0) is 4.79 Å². The Kier molecular flexibility index (Phi) is 6.29. The van der Waals surface area contributed by atoms with Crippen molar-refractivity contribution in [2.45, 2.75) is 13.1 Å². The molecule has 136 valence electrons. The summed E-state index contributed by atoms with van der Waals surface area (Å²) in [6.07, 6.45) is -1.10. The highest BCUT2D eigenvalue weighted by Gasteiger charge is 2.42. The van der Waals surface area contributed by atoms with Crippen molar-refractivity contribution < 1.29 is 18.8 Å². The molecule has 1 unspecified atom stereocenters. The average molecular weight is 351 g/mol. The van der Waals surface area contributed by atoms with Crippen LogP contribution in [0.1, 0.15) is 17.3 Å². The first-order valence-corrected chi connectivity index (χ1v) is 8.08. The molecule has 0 aliphatic carbocycles. The van der Waals surface area contributed by atoms with E-state index in [0.29, 0.717) is 6.54 Å². The number of nitrogens with zero attached hydrogens (tertiary/aromatic N) is 2. The summed E-state index contributed by atoms with van der Waals surface area (Å²) < 4.78 is 13.4. The molecule has 1 heterocycles. The molecule has 1 saturated heterocycles. The van der Waals surface area contributed by atoms with Gasteiger partial charge in [0.25, 0.3) is 11.8 Å². The number of nitrogens with two attached hydrogens (primary N) is 1. The van der Waals surface area contributed by atoms with Crippen LogP contribution in [0.4, 0.5) is 9.18 Å². The van der Waals surface area contributed by atoms with Crippen LogP contribution in [-0.4, -0.2) is 66.5 Å². The minimum Gasteiger partial charge on any atom is -0.351 e. The number of rotatable bonds is 5. The second kappa shape index (κ2) is 8.43. The van der Waals surface area contributed by atoms with Gasteiger partial charge in [-0.05, 0) is 25.1 Å². The first kappa shape index (κ1) is 18.7. The molecule has 1 aromatic carbocycles. The largest absolute Gasteiger partial charge is 0.351 e. The lowest BCUT2D eigenvalue weighted by molar-refractivity contribution is -0.127. The fraction of sp³-hybridized carbons (Fsp3) is 0.438. The van der Waals surface area contributed by atoms with Crippen LogP contribution in [0.25, 0.3) is 0 Å². The van der Waals surface area contributed by atoms with E-state index in [2.05, 4.69) is 10.6 Å². The summed E-state index contributed by atoms with van der Waals surface area (Å²) >= 11 is 0. The normalized spacial score (nSPS) is 16.7. The summed E-state index contributed by atoms with van der Waals surface area (Å²) in [6.45, 7) is 2.98. The van der Waals surface area contributed by atoms with Crippen molar-refractivity contribution in [3.63, 3.8) is 0 Å². The Balaban J connectivity index is 2.26. The van der Waals surface area contributed by atoms with Gasteiger partial charge < -0.3 is 21.3 Å². The van der Waals surface area contributed by atoms with Gasteiger partial charge in [-0.15, -0.1) is 0 Å². The highest BCUT2D eigenvalue weighted by molar-refractivity contribution is 5.99. The molecule has 0 radical (unpaired) electrons. The molecule has 0 aromatic heterocycles. The maximum Gasteiger partial charge on any atom is 0.319 e. The number of carbonyl (C=O) groups is 3. The second-order valence-electron chi connectivity index (χ2n) is 5.49. The van der Waals surface area contributed by atoms with Gasteiger partial charge >= 0.3 is 6.03 Å². The minimum absolute atomic E-state index is 0.120. The highest BCUT2D eigenvalue weighted by Crippen LogP contribution is 2.19. The van der Waals surface area contributed by atoms with Crippen LogP contribution in [0.15, 0.2) is 24.3 Å². The molecule has 25 heavy (non-hydrogen) atoms. The van der Waals surface area contributed by atoms with Crippen molar-refractivity contribution in [1.29, 1.82) is 0 Å². The Morgan fingerprint density at radius 1 is 1.24 bits per heavy atom. The summed E-state index contributed by atoms with van der Waals surface area (Å²) in [7, 11) is 0. The van der Waals surface area contributed by atoms with Gasteiger partial charge in [0, 0.05) is 38.3 Å². The van der Waals surface area contributed by atoms with Crippen LogP contribution < -0.4 is 16.4 Å². The van der Waals surface area contributed by atoms with E-state index in [1.54, 1.807) is 6.92 Å². The van der Waals surface area contributed by atoms with E-state index >= 15 is 0 Å². The maximum absolute atomic E-state index is 13.4. The molecule has 1 aliphatic rings. The van der Waals surface area contributed by atoms with Crippen LogP contribution >= 0.6 is 0 Å². The number of benzene rings is 1. The van der Waals surface area contributed by atoms with Crippen LogP contribution in [0.2, 0.25) is 0 Å². The van der Waals surface area contributed by atoms with Gasteiger partial charge in [-0.25, -0.2) is 9.18 Å². The van der Waals surface area contributed by atoms with Crippen molar-refractivity contribution in [2.75, 3.05) is 32.7 Å². The summed E-state index contributed by atoms with van der Waals surface area (Å²) in [5, 5.41) is 5.22. The molecule has 1 aromatic rings. The maximum atomic E-state index is 13.4. The van der Waals surface area contributed by atoms with Gasteiger partial charge in [0.1, 0.15) is 5.82 Å². The lowest BCUT2D eigenvalue weighted by atomic mass is 10.2. The molecule has 9 heteroatoms. The quantitative estimate of drug-likeness (QED) is 0.678. The Hall–Kier alpha value is -2.68. The van der Waals surface area contributed by atoms with Crippen molar-refractivity contribution in [2.24, 2.45) is 5.73 Å². The molecule has 0 bridgehead atoms. The summed E-state index contributed by atoms with van der Waals surface area (Å²) in [6, 6.07) is 4.78. The lowest BCUT2D eigenvalue weighted by Gasteiger charge is -2.29. The summed E-state index contributed by atoms with van der Waals surface area (Å²) in [5.74, 6) is -1.56. The Morgan fingerprint density at radius 3 is 2.60 bits per heavy atom. The van der Waals surface area contributed by atoms with E-state index in [4.69, 9.17) is 5.73 Å². The second-order valence-corrected chi connectivity index (χ2v) is 5.49. The first-order valence-electron chi connectivity index (χ1n) is 8.08. The standard InChI is InChI=1S/C16H22FN5O3/c1-2-19-16(25)22-9-8-21(14(22)13(23)20-7-6-18)15(24)11-4-3-5-12(17)10-11/h3-5,10,14H,2,6-9,18H2,1H3,(H,19,25)(H,20,23). The van der Waals surface area contributed by atoms with E-state index in [-0.39, 0.29) is 31.7 Å². The van der Waals surface area contributed by atoms with E-state index in [1.807, 2.05) is 0 Å². The van der Waals surface area contributed by atoms with Crippen LogP contribution in [0, 0.1) is 5.82 Å². The van der Waals surface area contributed by atoms with E-state index < -0.39 is 29.8 Å². The molecule has 4 N–H and O–H groups in total. The summed E-state index contributed by atoms with van der Waals surface area (Å²) in [5.41, 5.74) is 5.51. The molecule has 1 atom stereocenters. The van der Waals surface area contributed by atoms with Gasteiger partial charge in [-0.2, -0.15) is 0 Å². The minimum atomic E-state index is -1.10. The smallest absolute Gasteiger partial charge is 0.319 e. The summed E-state index contributed by atoms with van der Waals surface area (Å²) in [4.78, 5) is 39.9. The third kappa shape index (κ3) is 4.24. The van der Waals surface area contributed by atoms with Gasteiger partial charge in [-0.1, -0.05) is 6.07 Å². The zero-order chi connectivity index (χ0) is 18.4. The molecular weight excluding hydrogens is 329 g/mol.